The zero-order valence-corrected chi connectivity index (χ0v) is 40.2. The van der Waals surface area contributed by atoms with E-state index in [1.807, 2.05) is 109 Å². The zero-order valence-electron chi connectivity index (χ0n) is 36.4. The van der Waals surface area contributed by atoms with Crippen LogP contribution in [0.4, 0.5) is 22.7 Å². The number of nitrogens with zero attached hydrogens (tertiary/aromatic N) is 2. The number of fused-ring (bicyclic) bond motifs is 2. The van der Waals surface area contributed by atoms with E-state index in [1.165, 1.54) is 64.2 Å². The summed E-state index contributed by atoms with van der Waals surface area (Å²) in [6.07, 6.45) is 18.3. The van der Waals surface area contributed by atoms with Gasteiger partial charge in [-0.05, 0) is 48.2 Å². The van der Waals surface area contributed by atoms with Crippen molar-refractivity contribution in [2.75, 3.05) is 20.4 Å². The van der Waals surface area contributed by atoms with Gasteiger partial charge in [0.05, 0.1) is 22.7 Å². The molecule has 0 radical (unpaired) electrons. The Bertz CT molecular complexity index is 1960. The summed E-state index contributed by atoms with van der Waals surface area (Å²) in [5.74, 6) is 0. The van der Waals surface area contributed by atoms with Gasteiger partial charge in [-0.2, -0.15) is 0 Å². The van der Waals surface area contributed by atoms with E-state index in [0.29, 0.717) is 37.3 Å². The molecule has 0 saturated carbocycles. The van der Waals surface area contributed by atoms with Gasteiger partial charge in [0.2, 0.25) is 9.99 Å². The summed E-state index contributed by atoms with van der Waals surface area (Å²) in [5, 5.41) is 6.21. The number of rotatable bonds is 24. The Morgan fingerprint density at radius 1 is 0.443 bits per heavy atom. The molecule has 10 nitrogen and oxygen atoms in total. The van der Waals surface area contributed by atoms with E-state index < -0.39 is 30.2 Å². The molecule has 6 rings (SSSR count). The third kappa shape index (κ3) is 13.6. The van der Waals surface area contributed by atoms with Crippen molar-refractivity contribution in [2.45, 2.75) is 153 Å². The summed E-state index contributed by atoms with van der Waals surface area (Å²) in [5.41, 5.74) is 4.88. The predicted molar refractivity (Wildman–Crippen MR) is 250 cm³/mol. The minimum absolute atomic E-state index is 0. The fraction of sp³-hybridized carbons (Fsp3) is 0.500. The number of hydrogen-bond donors (Lipinski definition) is 2. The van der Waals surface area contributed by atoms with Crippen molar-refractivity contribution in [3.8, 4) is 0 Å². The molecule has 2 N–H and O–H groups in total. The molecule has 4 aromatic carbocycles. The molecular formula is C48H66CaN4O6S2. The molecule has 61 heavy (non-hydrogen) atoms. The Kier molecular flexibility index (Phi) is 20.7. The topological polar surface area (TPSA) is 145 Å². The van der Waals surface area contributed by atoms with Gasteiger partial charge < -0.3 is 29.5 Å². The van der Waals surface area contributed by atoms with Crippen LogP contribution >= 0.6 is 0 Å². The van der Waals surface area contributed by atoms with Gasteiger partial charge in [-0.3, -0.25) is 0 Å². The summed E-state index contributed by atoms with van der Waals surface area (Å²) in [7, 11) is -9.28. The largest absolute Gasteiger partial charge is 2.00 e. The molecule has 0 saturated heterocycles. The molecule has 0 aromatic heterocycles. The van der Waals surface area contributed by atoms with Gasteiger partial charge in [0.1, 0.15) is 20.2 Å². The molecule has 2 aliphatic rings. The molecule has 328 valence electrons. The molecule has 2 unspecified atom stereocenters. The number of unbranched alkanes of at least 4 members (excludes halogenated alkanes) is 14. The normalized spacial score (nSPS) is 18.0. The molecule has 0 aliphatic carbocycles. The molecule has 2 heterocycles. The van der Waals surface area contributed by atoms with Crippen LogP contribution in [0.1, 0.15) is 141 Å². The summed E-state index contributed by atoms with van der Waals surface area (Å²) in [6, 6.07) is 34.3. The van der Waals surface area contributed by atoms with Gasteiger partial charge in [0, 0.05) is 25.9 Å². The quantitative estimate of drug-likeness (QED) is 0.0396. The minimum Gasteiger partial charge on any atom is -0.745 e. The minimum atomic E-state index is -4.64. The van der Waals surface area contributed by atoms with Crippen molar-refractivity contribution >= 4 is 80.7 Å². The molecule has 13 heteroatoms. The van der Waals surface area contributed by atoms with Crippen molar-refractivity contribution in [1.82, 2.24) is 0 Å². The van der Waals surface area contributed by atoms with Crippen molar-refractivity contribution in [2.24, 2.45) is 0 Å². The summed E-state index contributed by atoms with van der Waals surface area (Å²) in [4.78, 5) is 0.214. The smallest absolute Gasteiger partial charge is 0.745 e. The number of anilines is 4. The van der Waals surface area contributed by atoms with E-state index in [9.17, 15) is 25.9 Å². The zero-order chi connectivity index (χ0) is 42.9. The number of nitrogens with one attached hydrogen (secondary N) is 2. The van der Waals surface area contributed by atoms with Crippen LogP contribution in [0.15, 0.2) is 109 Å². The number of para-hydroxylation sites is 4. The number of benzene rings is 4. The SMILES string of the molecule is CCCCCCCCCCC1(S(=O)(=O)[O-])Nc2ccccc2N1Cc1ccccc1.CCCCCCCCCCC1(S(=O)(=O)[O-])Nc2ccccc2N1Cc1ccccc1.[Ca+2]. The van der Waals surface area contributed by atoms with E-state index in [1.54, 1.807) is 9.80 Å². The summed E-state index contributed by atoms with van der Waals surface area (Å²) >= 11 is 0. The first-order chi connectivity index (χ1) is 29.0. The fourth-order valence-electron chi connectivity index (χ4n) is 8.57. The van der Waals surface area contributed by atoms with E-state index in [2.05, 4.69) is 24.5 Å². The van der Waals surface area contributed by atoms with E-state index >= 15 is 0 Å². The molecule has 0 spiro atoms. The van der Waals surface area contributed by atoms with Crippen molar-refractivity contribution in [3.63, 3.8) is 0 Å². The molecule has 0 amide bonds. The van der Waals surface area contributed by atoms with E-state index in [0.717, 1.165) is 48.2 Å². The van der Waals surface area contributed by atoms with Crippen LogP contribution in [0, 0.1) is 0 Å². The van der Waals surface area contributed by atoms with Crippen LogP contribution < -0.4 is 20.4 Å². The maximum absolute atomic E-state index is 12.6. The first kappa shape index (κ1) is 50.8. The molecule has 2 aliphatic heterocycles. The maximum Gasteiger partial charge on any atom is 2.00 e. The summed E-state index contributed by atoms with van der Waals surface area (Å²) in [6.45, 7) is 5.14. The van der Waals surface area contributed by atoms with Crippen LogP contribution in [-0.4, -0.2) is 73.7 Å². The third-order valence-corrected chi connectivity index (χ3v) is 14.6. The summed E-state index contributed by atoms with van der Waals surface area (Å²) < 4.78 is 75.6. The van der Waals surface area contributed by atoms with Gasteiger partial charge >= 0.3 is 37.7 Å². The number of hydrogen-bond acceptors (Lipinski definition) is 10. The van der Waals surface area contributed by atoms with Crippen molar-refractivity contribution in [3.05, 3.63) is 120 Å². The van der Waals surface area contributed by atoms with Crippen molar-refractivity contribution in [1.29, 1.82) is 0 Å². The van der Waals surface area contributed by atoms with Crippen LogP contribution in [0.25, 0.3) is 0 Å². The second-order valence-corrected chi connectivity index (χ2v) is 19.5. The predicted octanol–water partition coefficient (Wildman–Crippen LogP) is 11.3. The first-order valence-electron chi connectivity index (χ1n) is 22.2. The van der Waals surface area contributed by atoms with Crippen LogP contribution in [0.2, 0.25) is 0 Å². The molecular weight excluding hydrogens is 833 g/mol. The third-order valence-electron chi connectivity index (χ3n) is 11.9. The Morgan fingerprint density at radius 2 is 0.738 bits per heavy atom. The molecule has 0 fully saturated rings. The average molecular weight is 899 g/mol. The van der Waals surface area contributed by atoms with Crippen LogP contribution in [0.5, 0.6) is 0 Å². The first-order valence-corrected chi connectivity index (χ1v) is 25.1. The van der Waals surface area contributed by atoms with Gasteiger partial charge in [0.15, 0.2) is 0 Å². The van der Waals surface area contributed by atoms with Crippen LogP contribution in [-0.2, 0) is 33.3 Å². The Balaban J connectivity index is 0.000000264. The van der Waals surface area contributed by atoms with Gasteiger partial charge in [-0.15, -0.1) is 0 Å². The maximum atomic E-state index is 12.6. The molecule has 0 bridgehead atoms. The monoisotopic (exact) mass is 898 g/mol. The van der Waals surface area contributed by atoms with Gasteiger partial charge in [-0.25, -0.2) is 16.8 Å². The standard InChI is InChI=1S/2C24H34N2O3S.Ca/c2*1-2-3-4-5-6-7-8-14-19-24(30(27,28)29)25-22-17-12-13-18-23(22)26(24)20-21-15-10-9-11-16-21;/h2*9-13,15-18,25H,2-8,14,19-20H2,1H3,(H,27,28,29);/q;;+2/p-2. The average Bonchev–Trinajstić information content (AvgIpc) is 3.74. The molecule has 2 atom stereocenters. The second kappa shape index (κ2) is 24.9. The van der Waals surface area contributed by atoms with E-state index in [4.69, 9.17) is 0 Å². The Hall–Kier alpha value is -2.84. The van der Waals surface area contributed by atoms with E-state index in [-0.39, 0.29) is 50.6 Å². The van der Waals surface area contributed by atoms with Gasteiger partial charge in [0.25, 0.3) is 0 Å². The van der Waals surface area contributed by atoms with Crippen molar-refractivity contribution < 1.29 is 25.9 Å². The van der Waals surface area contributed by atoms with Crippen LogP contribution in [0.3, 0.4) is 0 Å². The molecule has 4 aromatic rings. The van der Waals surface area contributed by atoms with Gasteiger partial charge in [-0.1, -0.05) is 189 Å². The fourth-order valence-corrected chi connectivity index (χ4v) is 10.7. The second-order valence-electron chi connectivity index (χ2n) is 16.4. The Morgan fingerprint density at radius 3 is 1.07 bits per heavy atom. The Labute approximate surface area is 396 Å².